The van der Waals surface area contributed by atoms with E-state index in [4.69, 9.17) is 14.2 Å². The Morgan fingerprint density at radius 1 is 1.30 bits per heavy atom. The lowest BCUT2D eigenvalue weighted by Crippen LogP contribution is -2.57. The molecule has 0 aliphatic carbocycles. The van der Waals surface area contributed by atoms with Gasteiger partial charge in [0.25, 0.3) is 0 Å². The van der Waals surface area contributed by atoms with Crippen LogP contribution in [0, 0.1) is 5.92 Å². The van der Waals surface area contributed by atoms with E-state index in [1.165, 1.54) is 12.1 Å². The van der Waals surface area contributed by atoms with Crippen LogP contribution in [0.5, 0.6) is 11.5 Å². The van der Waals surface area contributed by atoms with E-state index in [0.29, 0.717) is 5.92 Å². The molecule has 144 valence electrons. The van der Waals surface area contributed by atoms with E-state index in [1.54, 1.807) is 7.11 Å². The van der Waals surface area contributed by atoms with Gasteiger partial charge in [0.1, 0.15) is 5.60 Å². The van der Waals surface area contributed by atoms with Crippen LogP contribution in [0.1, 0.15) is 43.0 Å². The van der Waals surface area contributed by atoms with Crippen LogP contribution in [0.25, 0.3) is 0 Å². The average Bonchev–Trinajstić information content (AvgIpc) is 3.23. The van der Waals surface area contributed by atoms with Gasteiger partial charge in [0.05, 0.1) is 13.2 Å². The molecular formula is C21H27N3O3. The number of nitrogens with zero attached hydrogens (tertiary/aromatic N) is 2. The van der Waals surface area contributed by atoms with E-state index in [9.17, 15) is 0 Å². The fraction of sp³-hybridized carbons (Fsp3) is 0.571. The number of hydrogen-bond acceptors (Lipinski definition) is 5. The molecule has 0 saturated carbocycles. The lowest BCUT2D eigenvalue weighted by molar-refractivity contribution is -0.150. The molecule has 5 rings (SSSR count). The molecule has 1 aromatic heterocycles. The molecule has 0 bridgehead atoms. The highest BCUT2D eigenvalue weighted by atomic mass is 16.5. The summed E-state index contributed by atoms with van der Waals surface area (Å²) in [6.45, 7) is 3.79. The van der Waals surface area contributed by atoms with Gasteiger partial charge in [0.2, 0.25) is 0 Å². The number of ether oxygens (including phenoxy) is 3. The fourth-order valence-electron chi connectivity index (χ4n) is 5.11. The van der Waals surface area contributed by atoms with Crippen molar-refractivity contribution < 1.29 is 14.2 Å². The van der Waals surface area contributed by atoms with Gasteiger partial charge in [0, 0.05) is 62.5 Å². The predicted octanol–water partition coefficient (Wildman–Crippen LogP) is 3.31. The highest BCUT2D eigenvalue weighted by Gasteiger charge is 2.53. The lowest BCUT2D eigenvalue weighted by atomic mass is 9.70. The SMILES string of the molecule is COc1cccc2c1OC1(CCN(Cc3ccn[nH]3)CC1)[C@H]1CCCO[C@H]21. The zero-order valence-electron chi connectivity index (χ0n) is 15.8. The van der Waals surface area contributed by atoms with Gasteiger partial charge < -0.3 is 14.2 Å². The second kappa shape index (κ2) is 6.84. The van der Waals surface area contributed by atoms with Crippen molar-refractivity contribution in [2.75, 3.05) is 26.8 Å². The van der Waals surface area contributed by atoms with E-state index in [0.717, 1.165) is 62.6 Å². The number of rotatable bonds is 3. The Hall–Kier alpha value is -2.05. The van der Waals surface area contributed by atoms with Crippen LogP contribution in [0.4, 0.5) is 0 Å². The molecule has 2 fully saturated rings. The predicted molar refractivity (Wildman–Crippen MR) is 101 cm³/mol. The maximum Gasteiger partial charge on any atom is 0.167 e. The Morgan fingerprint density at radius 2 is 2.19 bits per heavy atom. The number of para-hydroxylation sites is 1. The normalized spacial score (nSPS) is 26.9. The molecule has 1 N–H and O–H groups in total. The topological polar surface area (TPSA) is 59.6 Å². The van der Waals surface area contributed by atoms with Gasteiger partial charge in [-0.05, 0) is 25.0 Å². The van der Waals surface area contributed by atoms with Crippen LogP contribution in [0.3, 0.4) is 0 Å². The van der Waals surface area contributed by atoms with Crippen molar-refractivity contribution in [3.05, 3.63) is 41.7 Å². The molecule has 2 atom stereocenters. The van der Waals surface area contributed by atoms with Gasteiger partial charge in [-0.3, -0.25) is 10.00 Å². The van der Waals surface area contributed by atoms with Gasteiger partial charge in [-0.2, -0.15) is 5.10 Å². The first-order valence-corrected chi connectivity index (χ1v) is 9.97. The number of aromatic amines is 1. The summed E-state index contributed by atoms with van der Waals surface area (Å²) in [6, 6.07) is 8.22. The third kappa shape index (κ3) is 2.91. The summed E-state index contributed by atoms with van der Waals surface area (Å²) < 4.78 is 18.7. The summed E-state index contributed by atoms with van der Waals surface area (Å²) in [5, 5.41) is 7.13. The van der Waals surface area contributed by atoms with Gasteiger partial charge in [-0.25, -0.2) is 0 Å². The third-order valence-electron chi connectivity index (χ3n) is 6.49. The van der Waals surface area contributed by atoms with E-state index < -0.39 is 0 Å². The minimum absolute atomic E-state index is 0.122. The first-order valence-electron chi connectivity index (χ1n) is 9.97. The molecule has 1 aromatic carbocycles. The summed E-state index contributed by atoms with van der Waals surface area (Å²) >= 11 is 0. The molecule has 6 nitrogen and oxygen atoms in total. The van der Waals surface area contributed by atoms with E-state index in [1.807, 2.05) is 24.4 Å². The number of H-pyrrole nitrogens is 1. The molecule has 0 radical (unpaired) electrons. The fourth-order valence-corrected chi connectivity index (χ4v) is 5.11. The van der Waals surface area contributed by atoms with Crippen LogP contribution in [0.15, 0.2) is 30.5 Å². The van der Waals surface area contributed by atoms with Crippen molar-refractivity contribution >= 4 is 0 Å². The Bertz CT molecular complexity index is 784. The van der Waals surface area contributed by atoms with Crippen LogP contribution in [0.2, 0.25) is 0 Å². The molecule has 2 saturated heterocycles. The smallest absolute Gasteiger partial charge is 0.167 e. The quantitative estimate of drug-likeness (QED) is 0.899. The summed E-state index contributed by atoms with van der Waals surface area (Å²) in [6.07, 6.45) is 6.26. The number of hydrogen-bond donors (Lipinski definition) is 1. The largest absolute Gasteiger partial charge is 0.493 e. The number of nitrogens with one attached hydrogen (secondary N) is 1. The van der Waals surface area contributed by atoms with Gasteiger partial charge in [-0.1, -0.05) is 12.1 Å². The first-order chi connectivity index (χ1) is 13.3. The number of fused-ring (bicyclic) bond motifs is 4. The monoisotopic (exact) mass is 369 g/mol. The van der Waals surface area contributed by atoms with Crippen molar-refractivity contribution in [1.29, 1.82) is 0 Å². The number of methoxy groups -OCH3 is 1. The lowest BCUT2D eigenvalue weighted by Gasteiger charge is -2.53. The van der Waals surface area contributed by atoms with Gasteiger partial charge >= 0.3 is 0 Å². The molecule has 3 aliphatic heterocycles. The zero-order chi connectivity index (χ0) is 18.3. The van der Waals surface area contributed by atoms with Crippen LogP contribution in [-0.4, -0.2) is 47.5 Å². The molecule has 3 aliphatic rings. The Kier molecular flexibility index (Phi) is 4.32. The van der Waals surface area contributed by atoms with Crippen LogP contribution in [-0.2, 0) is 11.3 Å². The summed E-state index contributed by atoms with van der Waals surface area (Å²) in [5.41, 5.74) is 2.17. The Labute approximate surface area is 159 Å². The summed E-state index contributed by atoms with van der Waals surface area (Å²) in [5.74, 6) is 2.13. The Morgan fingerprint density at radius 3 is 2.96 bits per heavy atom. The maximum absolute atomic E-state index is 6.78. The van der Waals surface area contributed by atoms with Crippen molar-refractivity contribution in [1.82, 2.24) is 15.1 Å². The molecular weight excluding hydrogens is 342 g/mol. The second-order valence-corrected chi connectivity index (χ2v) is 7.94. The van der Waals surface area contributed by atoms with Gasteiger partial charge in [0.15, 0.2) is 11.5 Å². The first kappa shape index (κ1) is 17.1. The number of aromatic nitrogens is 2. The molecule has 0 unspecified atom stereocenters. The number of likely N-dealkylation sites (tertiary alicyclic amines) is 1. The molecule has 1 spiro atoms. The third-order valence-corrected chi connectivity index (χ3v) is 6.49. The van der Waals surface area contributed by atoms with Crippen LogP contribution < -0.4 is 9.47 Å². The van der Waals surface area contributed by atoms with Gasteiger partial charge in [-0.15, -0.1) is 0 Å². The van der Waals surface area contributed by atoms with Crippen molar-refractivity contribution in [3.8, 4) is 11.5 Å². The van der Waals surface area contributed by atoms with E-state index in [-0.39, 0.29) is 11.7 Å². The highest BCUT2D eigenvalue weighted by Crippen LogP contribution is 2.55. The minimum Gasteiger partial charge on any atom is -0.493 e. The molecule has 0 amide bonds. The standard InChI is InChI=1S/C21H27N3O3/c1-25-18-6-2-4-16-19-17(5-3-13-26-19)21(27-20(16)18)8-11-24(12-9-21)14-15-7-10-22-23-15/h2,4,6-7,10,17,19H,3,5,8-9,11-14H2,1H3,(H,22,23)/t17-,19+/m0/s1. The van der Waals surface area contributed by atoms with Crippen molar-refractivity contribution in [2.24, 2.45) is 5.92 Å². The summed E-state index contributed by atoms with van der Waals surface area (Å²) in [4.78, 5) is 2.48. The maximum atomic E-state index is 6.78. The van der Waals surface area contributed by atoms with Crippen molar-refractivity contribution in [3.63, 3.8) is 0 Å². The number of piperidine rings is 1. The van der Waals surface area contributed by atoms with E-state index >= 15 is 0 Å². The molecule has 4 heterocycles. The minimum atomic E-state index is -0.156. The van der Waals surface area contributed by atoms with Crippen LogP contribution >= 0.6 is 0 Å². The number of benzene rings is 1. The molecule has 27 heavy (non-hydrogen) atoms. The molecule has 2 aromatic rings. The summed E-state index contributed by atoms with van der Waals surface area (Å²) in [7, 11) is 1.71. The molecule has 6 heteroatoms. The average molecular weight is 369 g/mol. The Balaban J connectivity index is 1.42. The zero-order valence-corrected chi connectivity index (χ0v) is 15.8. The highest BCUT2D eigenvalue weighted by molar-refractivity contribution is 5.50. The van der Waals surface area contributed by atoms with Crippen molar-refractivity contribution in [2.45, 2.75) is 43.9 Å². The van der Waals surface area contributed by atoms with E-state index in [2.05, 4.69) is 21.2 Å². The second-order valence-electron chi connectivity index (χ2n) is 7.94.